The van der Waals surface area contributed by atoms with Crippen LogP contribution >= 0.6 is 0 Å². The normalized spacial score (nSPS) is 43.4. The summed E-state index contributed by atoms with van der Waals surface area (Å²) >= 11 is 0. The van der Waals surface area contributed by atoms with E-state index in [9.17, 15) is 35.9 Å². The zero-order valence-electron chi connectivity index (χ0n) is 10.1. The first-order chi connectivity index (χ1) is 8.87. The van der Waals surface area contributed by atoms with Gasteiger partial charge in [-0.25, -0.2) is 27.2 Å². The molecule has 0 spiro atoms. The standard InChI is InChI=1S/C11H8F6O3/c1-4(2)9(14)10(15)7(19)20-6(18)8(10,13)3-5(12)11(9,16)17/h3-4H,1-2H3. The summed E-state index contributed by atoms with van der Waals surface area (Å²) in [4.78, 5) is 22.4. The third-order valence-electron chi connectivity index (χ3n) is 3.64. The van der Waals surface area contributed by atoms with Crippen molar-refractivity contribution in [2.24, 2.45) is 5.92 Å². The van der Waals surface area contributed by atoms with Crippen LogP contribution in [0, 0.1) is 5.92 Å². The number of hydrogen-bond acceptors (Lipinski definition) is 3. The molecule has 0 bridgehead atoms. The van der Waals surface area contributed by atoms with Crippen LogP contribution < -0.4 is 0 Å². The fourth-order valence-electron chi connectivity index (χ4n) is 2.51. The number of hydrogen-bond donors (Lipinski definition) is 0. The van der Waals surface area contributed by atoms with E-state index in [2.05, 4.69) is 4.74 Å². The molecule has 3 nitrogen and oxygen atoms in total. The minimum Gasteiger partial charge on any atom is -0.388 e. The molecule has 0 N–H and O–H groups in total. The van der Waals surface area contributed by atoms with Gasteiger partial charge >= 0.3 is 17.9 Å². The molecular formula is C11H8F6O3. The Labute approximate surface area is 108 Å². The highest BCUT2D eigenvalue weighted by Gasteiger charge is 2.89. The summed E-state index contributed by atoms with van der Waals surface area (Å²) in [7, 11) is 0. The Hall–Kier alpha value is -1.54. The molecule has 1 heterocycles. The fraction of sp³-hybridized carbons (Fsp3) is 0.636. The zero-order chi connectivity index (χ0) is 15.7. The second-order valence-corrected chi connectivity index (χ2v) is 4.98. The molecule has 0 aromatic heterocycles. The topological polar surface area (TPSA) is 43.4 Å². The summed E-state index contributed by atoms with van der Waals surface area (Å²) in [6.07, 6.45) is -0.736. The number of halogens is 6. The van der Waals surface area contributed by atoms with Gasteiger partial charge in [0.15, 0.2) is 5.83 Å². The molecule has 20 heavy (non-hydrogen) atoms. The summed E-state index contributed by atoms with van der Waals surface area (Å²) in [6, 6.07) is 0. The number of cyclic esters (lactones) is 2. The molecule has 0 amide bonds. The van der Waals surface area contributed by atoms with Gasteiger partial charge in [-0.05, 0) is 5.92 Å². The maximum atomic E-state index is 14.6. The molecule has 1 aliphatic carbocycles. The third-order valence-corrected chi connectivity index (χ3v) is 3.64. The number of esters is 2. The van der Waals surface area contributed by atoms with E-state index >= 15 is 0 Å². The Morgan fingerprint density at radius 3 is 2.00 bits per heavy atom. The van der Waals surface area contributed by atoms with Gasteiger partial charge in [0.1, 0.15) is 0 Å². The number of alkyl halides is 5. The van der Waals surface area contributed by atoms with E-state index < -0.39 is 52.7 Å². The van der Waals surface area contributed by atoms with Crippen LogP contribution in [0.15, 0.2) is 11.9 Å². The van der Waals surface area contributed by atoms with Gasteiger partial charge in [0.05, 0.1) is 0 Å². The van der Waals surface area contributed by atoms with Gasteiger partial charge in [0.25, 0.3) is 11.3 Å². The molecular weight excluding hydrogens is 294 g/mol. The molecule has 3 atom stereocenters. The van der Waals surface area contributed by atoms with E-state index in [-0.39, 0.29) is 0 Å². The van der Waals surface area contributed by atoms with E-state index in [0.717, 1.165) is 0 Å². The second-order valence-electron chi connectivity index (χ2n) is 4.98. The number of fused-ring (bicyclic) bond motifs is 1. The predicted molar refractivity (Wildman–Crippen MR) is 51.6 cm³/mol. The van der Waals surface area contributed by atoms with E-state index in [1.54, 1.807) is 0 Å². The van der Waals surface area contributed by atoms with Gasteiger partial charge in [-0.15, -0.1) is 0 Å². The van der Waals surface area contributed by atoms with Crippen LogP contribution in [-0.2, 0) is 14.3 Å². The van der Waals surface area contributed by atoms with Crippen LogP contribution in [0.25, 0.3) is 0 Å². The van der Waals surface area contributed by atoms with Crippen molar-refractivity contribution in [3.05, 3.63) is 11.9 Å². The SMILES string of the molecule is CC(C)C1(F)C(F)(F)C(F)=CC2(F)C(=O)OC(=O)C21F. The highest BCUT2D eigenvalue weighted by atomic mass is 19.3. The molecule has 0 aromatic carbocycles. The largest absolute Gasteiger partial charge is 0.388 e. The van der Waals surface area contributed by atoms with Gasteiger partial charge < -0.3 is 4.74 Å². The molecule has 0 aromatic rings. The van der Waals surface area contributed by atoms with Crippen molar-refractivity contribution in [2.75, 3.05) is 0 Å². The first kappa shape index (κ1) is 14.9. The van der Waals surface area contributed by atoms with Crippen molar-refractivity contribution in [2.45, 2.75) is 36.8 Å². The summed E-state index contributed by atoms with van der Waals surface area (Å²) < 4.78 is 87.8. The molecule has 1 aliphatic heterocycles. The van der Waals surface area contributed by atoms with Crippen LogP contribution in [0.1, 0.15) is 13.8 Å². The van der Waals surface area contributed by atoms with Crippen molar-refractivity contribution in [3.8, 4) is 0 Å². The Balaban J connectivity index is 2.90. The van der Waals surface area contributed by atoms with Gasteiger partial charge in [0, 0.05) is 6.08 Å². The lowest BCUT2D eigenvalue weighted by Gasteiger charge is -2.46. The Bertz CT molecular complexity index is 544. The monoisotopic (exact) mass is 302 g/mol. The van der Waals surface area contributed by atoms with Crippen molar-refractivity contribution in [3.63, 3.8) is 0 Å². The van der Waals surface area contributed by atoms with Crippen molar-refractivity contribution >= 4 is 11.9 Å². The molecule has 1 saturated heterocycles. The van der Waals surface area contributed by atoms with E-state index in [4.69, 9.17) is 0 Å². The third kappa shape index (κ3) is 1.15. The second kappa shape index (κ2) is 3.56. The summed E-state index contributed by atoms with van der Waals surface area (Å²) in [5, 5.41) is 0. The molecule has 2 rings (SSSR count). The van der Waals surface area contributed by atoms with Gasteiger partial charge in [0.2, 0.25) is 5.67 Å². The average molecular weight is 302 g/mol. The number of ether oxygens (including phenoxy) is 1. The Morgan fingerprint density at radius 1 is 1.05 bits per heavy atom. The highest BCUT2D eigenvalue weighted by molar-refractivity contribution is 6.08. The highest BCUT2D eigenvalue weighted by Crippen LogP contribution is 2.62. The smallest absolute Gasteiger partial charge is 0.360 e. The van der Waals surface area contributed by atoms with Crippen LogP contribution in [0.3, 0.4) is 0 Å². The fourth-order valence-corrected chi connectivity index (χ4v) is 2.51. The Morgan fingerprint density at radius 2 is 1.55 bits per heavy atom. The molecule has 3 unspecified atom stereocenters. The Kier molecular flexibility index (Phi) is 2.64. The van der Waals surface area contributed by atoms with Gasteiger partial charge in [-0.3, -0.25) is 0 Å². The molecule has 0 saturated carbocycles. The summed E-state index contributed by atoms with van der Waals surface area (Å²) in [6.45, 7) is 1.40. The lowest BCUT2D eigenvalue weighted by atomic mass is 9.63. The van der Waals surface area contributed by atoms with E-state index in [1.807, 2.05) is 0 Å². The summed E-state index contributed by atoms with van der Waals surface area (Å²) in [5.74, 6) is -14.5. The lowest BCUT2D eigenvalue weighted by molar-refractivity contribution is -0.239. The van der Waals surface area contributed by atoms with Crippen molar-refractivity contribution in [1.29, 1.82) is 0 Å². The van der Waals surface area contributed by atoms with Crippen LogP contribution in [-0.4, -0.2) is 34.9 Å². The van der Waals surface area contributed by atoms with Crippen molar-refractivity contribution in [1.82, 2.24) is 0 Å². The molecule has 9 heteroatoms. The van der Waals surface area contributed by atoms with E-state index in [1.165, 1.54) is 0 Å². The number of allylic oxidation sites excluding steroid dienone is 1. The minimum atomic E-state index is -5.13. The first-order valence-electron chi connectivity index (χ1n) is 5.47. The number of carbonyl (C=O) groups excluding carboxylic acids is 2. The average Bonchev–Trinajstić information content (AvgIpc) is 2.49. The van der Waals surface area contributed by atoms with Crippen molar-refractivity contribution < 1.29 is 40.7 Å². The van der Waals surface area contributed by atoms with Gasteiger partial charge in [-0.1, -0.05) is 13.8 Å². The zero-order valence-corrected chi connectivity index (χ0v) is 10.1. The van der Waals surface area contributed by atoms with E-state index in [0.29, 0.717) is 13.8 Å². The van der Waals surface area contributed by atoms with Crippen LogP contribution in [0.5, 0.6) is 0 Å². The lowest BCUT2D eigenvalue weighted by Crippen LogP contribution is -2.74. The minimum absolute atomic E-state index is 0.699. The molecule has 2 aliphatic rings. The summed E-state index contributed by atoms with van der Waals surface area (Å²) in [5.41, 5.74) is -13.5. The molecule has 112 valence electrons. The number of rotatable bonds is 1. The molecule has 1 fully saturated rings. The predicted octanol–water partition coefficient (Wildman–Crippen LogP) is 2.35. The first-order valence-corrected chi connectivity index (χ1v) is 5.47. The van der Waals surface area contributed by atoms with Crippen LogP contribution in [0.4, 0.5) is 26.3 Å². The van der Waals surface area contributed by atoms with Gasteiger partial charge in [-0.2, -0.15) is 8.78 Å². The molecule has 0 radical (unpaired) electrons. The maximum absolute atomic E-state index is 14.6. The quantitative estimate of drug-likeness (QED) is 0.424. The number of carbonyl (C=O) groups is 2. The van der Waals surface area contributed by atoms with Crippen LogP contribution in [0.2, 0.25) is 0 Å². The maximum Gasteiger partial charge on any atom is 0.360 e.